The van der Waals surface area contributed by atoms with Crippen LogP contribution in [-0.2, 0) is 9.59 Å². The van der Waals surface area contributed by atoms with Crippen molar-refractivity contribution in [2.45, 2.75) is 25.3 Å². The molecule has 2 amide bonds. The molecular weight excluding hydrogens is 302 g/mol. The molecule has 2 fully saturated rings. The van der Waals surface area contributed by atoms with Crippen LogP contribution in [0.4, 0.5) is 0 Å². The molecule has 1 aromatic rings. The van der Waals surface area contributed by atoms with E-state index in [1.165, 1.54) is 0 Å². The van der Waals surface area contributed by atoms with Crippen molar-refractivity contribution in [1.82, 2.24) is 15.1 Å². The number of rotatable bonds is 5. The van der Waals surface area contributed by atoms with Crippen LogP contribution in [0, 0.1) is 0 Å². The fraction of sp³-hybridized carbons (Fsp3) is 0.474. The van der Waals surface area contributed by atoms with Gasteiger partial charge in [-0.05, 0) is 18.4 Å². The summed E-state index contributed by atoms with van der Waals surface area (Å²) in [6.45, 7) is 3.78. The Morgan fingerprint density at radius 3 is 2.67 bits per heavy atom. The second-order valence-corrected chi connectivity index (χ2v) is 6.41. The minimum absolute atomic E-state index is 0.0260. The zero-order valence-corrected chi connectivity index (χ0v) is 14.0. The molecule has 0 aliphatic carbocycles. The highest BCUT2D eigenvalue weighted by Gasteiger charge is 2.32. The van der Waals surface area contributed by atoms with Crippen LogP contribution < -0.4 is 5.32 Å². The largest absolute Gasteiger partial charge is 0.353 e. The third-order valence-corrected chi connectivity index (χ3v) is 4.72. The lowest BCUT2D eigenvalue weighted by Gasteiger charge is -2.34. The van der Waals surface area contributed by atoms with Crippen LogP contribution in [0.15, 0.2) is 36.4 Å². The summed E-state index contributed by atoms with van der Waals surface area (Å²) < 4.78 is 0. The fourth-order valence-electron chi connectivity index (χ4n) is 3.35. The van der Waals surface area contributed by atoms with Crippen molar-refractivity contribution < 1.29 is 9.59 Å². The van der Waals surface area contributed by atoms with E-state index in [2.05, 4.69) is 22.4 Å². The predicted octanol–water partition coefficient (Wildman–Crippen LogP) is 1.51. The van der Waals surface area contributed by atoms with Gasteiger partial charge in [0, 0.05) is 32.7 Å². The molecule has 2 heterocycles. The molecular formula is C19H25N3O2. The average Bonchev–Trinajstić information content (AvgIpc) is 3.13. The molecule has 5 nitrogen and oxygen atoms in total. The van der Waals surface area contributed by atoms with E-state index >= 15 is 0 Å². The van der Waals surface area contributed by atoms with Crippen molar-refractivity contribution in [1.29, 1.82) is 0 Å². The van der Waals surface area contributed by atoms with E-state index in [0.29, 0.717) is 13.1 Å². The quantitative estimate of drug-likeness (QED) is 0.892. The number of hydrogen-bond donors (Lipinski definition) is 1. The van der Waals surface area contributed by atoms with Gasteiger partial charge in [0.05, 0.1) is 12.5 Å². The van der Waals surface area contributed by atoms with Crippen LogP contribution >= 0.6 is 0 Å². The maximum absolute atomic E-state index is 12.4. The smallest absolute Gasteiger partial charge is 0.237 e. The highest BCUT2D eigenvalue weighted by Crippen LogP contribution is 2.15. The number of nitrogens with one attached hydrogen (secondary N) is 1. The summed E-state index contributed by atoms with van der Waals surface area (Å²) >= 11 is 0. The van der Waals surface area contributed by atoms with Crippen molar-refractivity contribution >= 4 is 17.9 Å². The predicted molar refractivity (Wildman–Crippen MR) is 94.3 cm³/mol. The molecule has 0 radical (unpaired) electrons. The maximum Gasteiger partial charge on any atom is 0.237 e. The molecule has 0 spiro atoms. The normalized spacial score (nSPS) is 22.1. The van der Waals surface area contributed by atoms with Gasteiger partial charge in [-0.3, -0.25) is 14.5 Å². The summed E-state index contributed by atoms with van der Waals surface area (Å²) in [4.78, 5) is 28.6. The number of likely N-dealkylation sites (tertiary alicyclic amines) is 1. The molecule has 5 heteroatoms. The Bertz CT molecular complexity index is 594. The molecule has 2 aliphatic heterocycles. The number of hydrogen-bond acceptors (Lipinski definition) is 3. The maximum atomic E-state index is 12.4. The van der Waals surface area contributed by atoms with Crippen molar-refractivity contribution in [2.75, 3.05) is 32.7 Å². The number of benzene rings is 1. The summed E-state index contributed by atoms with van der Waals surface area (Å²) in [7, 11) is 0. The van der Waals surface area contributed by atoms with E-state index in [4.69, 9.17) is 0 Å². The lowest BCUT2D eigenvalue weighted by Crippen LogP contribution is -2.56. The summed E-state index contributed by atoms with van der Waals surface area (Å²) in [5.74, 6) is 0.0773. The number of carbonyl (C=O) groups excluding carboxylic acids is 2. The molecule has 0 unspecified atom stereocenters. The zero-order valence-electron chi connectivity index (χ0n) is 14.0. The number of carbonyl (C=O) groups is 2. The Morgan fingerprint density at radius 1 is 1.17 bits per heavy atom. The van der Waals surface area contributed by atoms with Crippen LogP contribution in [0.5, 0.6) is 0 Å². The van der Waals surface area contributed by atoms with Gasteiger partial charge in [-0.15, -0.1) is 0 Å². The molecule has 0 bridgehead atoms. The van der Waals surface area contributed by atoms with Crippen LogP contribution in [0.3, 0.4) is 0 Å². The first kappa shape index (κ1) is 16.7. The Balaban J connectivity index is 1.60. The van der Waals surface area contributed by atoms with Crippen molar-refractivity contribution in [3.63, 3.8) is 0 Å². The number of amides is 2. The highest BCUT2D eigenvalue weighted by molar-refractivity contribution is 5.89. The van der Waals surface area contributed by atoms with E-state index < -0.39 is 0 Å². The van der Waals surface area contributed by atoms with Crippen LogP contribution in [0.25, 0.3) is 6.08 Å². The molecule has 3 rings (SSSR count). The first-order chi connectivity index (χ1) is 11.7. The fourth-order valence-corrected chi connectivity index (χ4v) is 3.35. The Morgan fingerprint density at radius 2 is 1.92 bits per heavy atom. The molecule has 0 saturated carbocycles. The topological polar surface area (TPSA) is 52.7 Å². The van der Waals surface area contributed by atoms with Gasteiger partial charge in [0.25, 0.3) is 0 Å². The first-order valence-electron chi connectivity index (χ1n) is 8.75. The molecule has 1 N–H and O–H groups in total. The van der Waals surface area contributed by atoms with E-state index in [1.807, 2.05) is 35.2 Å². The summed E-state index contributed by atoms with van der Waals surface area (Å²) in [5, 5.41) is 2.89. The van der Waals surface area contributed by atoms with Gasteiger partial charge < -0.3 is 10.2 Å². The third-order valence-electron chi connectivity index (χ3n) is 4.72. The van der Waals surface area contributed by atoms with Gasteiger partial charge in [0.15, 0.2) is 0 Å². The zero-order chi connectivity index (χ0) is 16.8. The molecule has 2 aliphatic rings. The number of piperazine rings is 1. The van der Waals surface area contributed by atoms with Gasteiger partial charge in [0.2, 0.25) is 11.8 Å². The summed E-state index contributed by atoms with van der Waals surface area (Å²) in [6.07, 6.45) is 6.57. The molecule has 0 aromatic heterocycles. The van der Waals surface area contributed by atoms with Crippen LogP contribution in [-0.4, -0.2) is 60.4 Å². The third kappa shape index (κ3) is 4.23. The molecule has 2 saturated heterocycles. The van der Waals surface area contributed by atoms with E-state index in [-0.39, 0.29) is 24.3 Å². The van der Waals surface area contributed by atoms with Crippen LogP contribution in [0.2, 0.25) is 0 Å². The Kier molecular flexibility index (Phi) is 5.64. The van der Waals surface area contributed by atoms with Crippen molar-refractivity contribution in [3.8, 4) is 0 Å². The van der Waals surface area contributed by atoms with Gasteiger partial charge >= 0.3 is 0 Å². The van der Waals surface area contributed by atoms with Gasteiger partial charge in [-0.1, -0.05) is 42.5 Å². The van der Waals surface area contributed by atoms with E-state index in [0.717, 1.165) is 38.0 Å². The lowest BCUT2D eigenvalue weighted by molar-refractivity contribution is -0.138. The molecule has 128 valence electrons. The summed E-state index contributed by atoms with van der Waals surface area (Å²) in [6, 6.07) is 9.75. The average molecular weight is 327 g/mol. The summed E-state index contributed by atoms with van der Waals surface area (Å²) in [5.41, 5.74) is 1.14. The van der Waals surface area contributed by atoms with Gasteiger partial charge in [-0.25, -0.2) is 0 Å². The lowest BCUT2D eigenvalue weighted by atomic mass is 10.1. The minimum atomic E-state index is -0.354. The molecule has 1 atom stereocenters. The second kappa shape index (κ2) is 8.11. The Labute approximate surface area is 143 Å². The monoisotopic (exact) mass is 327 g/mol. The molecule has 1 aromatic carbocycles. The van der Waals surface area contributed by atoms with Crippen molar-refractivity contribution in [2.24, 2.45) is 0 Å². The molecule has 24 heavy (non-hydrogen) atoms. The van der Waals surface area contributed by atoms with Gasteiger partial charge in [0.1, 0.15) is 0 Å². The highest BCUT2D eigenvalue weighted by atomic mass is 16.2. The minimum Gasteiger partial charge on any atom is -0.353 e. The second-order valence-electron chi connectivity index (χ2n) is 6.41. The van der Waals surface area contributed by atoms with Crippen molar-refractivity contribution in [3.05, 3.63) is 42.0 Å². The SMILES string of the molecule is O=C1NCCN(C/C=C/c2ccccc2)[C@@H]1CC(=O)N1CCCC1. The first-order valence-corrected chi connectivity index (χ1v) is 8.75. The standard InChI is InChI=1S/C19H25N3O2/c23-18(22-11-4-5-12-22)15-17-19(24)20-10-14-21(17)13-6-9-16-7-2-1-3-8-16/h1-3,6-9,17H,4-5,10-15H2,(H,20,24)/b9-6+/t17-/m1/s1. The Hall–Kier alpha value is -2.14. The number of nitrogens with zero attached hydrogens (tertiary/aromatic N) is 2. The van der Waals surface area contributed by atoms with Crippen LogP contribution in [0.1, 0.15) is 24.8 Å². The van der Waals surface area contributed by atoms with E-state index in [1.54, 1.807) is 0 Å². The van der Waals surface area contributed by atoms with Gasteiger partial charge in [-0.2, -0.15) is 0 Å². The van der Waals surface area contributed by atoms with E-state index in [9.17, 15) is 9.59 Å².